The maximum Gasteiger partial charge on any atom is 0.445 e. The molecule has 0 unspecified atom stereocenters. The van der Waals surface area contributed by atoms with Gasteiger partial charge in [-0.25, -0.2) is 4.68 Å². The number of rotatable bonds is 0. The Labute approximate surface area is 63.1 Å². The van der Waals surface area contributed by atoms with Crippen LogP contribution in [0.15, 0.2) is 4.79 Å². The van der Waals surface area contributed by atoms with Gasteiger partial charge < -0.3 is 0 Å². The Balaban J connectivity index is 3.18. The quantitative estimate of drug-likeness (QED) is 0.599. The Morgan fingerprint density at radius 2 is 2.09 bits per heavy atom. The fraction of sp³-hybridized carbons (Fsp3) is 0.500. The maximum absolute atomic E-state index is 11.8. The lowest BCUT2D eigenvalue weighted by Crippen LogP contribution is -2.09. The van der Waals surface area contributed by atoms with E-state index < -0.39 is 16.1 Å². The zero-order valence-electron chi connectivity index (χ0n) is 5.34. The van der Waals surface area contributed by atoms with E-state index in [1.54, 1.807) is 0 Å². The Kier molecular flexibility index (Phi) is 1.75. The molecule has 0 N–H and O–H groups in total. The molecule has 0 saturated heterocycles. The molecular weight excluding hydrogens is 181 g/mol. The van der Waals surface area contributed by atoms with Crippen LogP contribution in [-0.2, 0) is 13.2 Å². The average Bonchev–Trinajstić information content (AvgIpc) is 2.11. The molecule has 0 aromatic carbocycles. The van der Waals surface area contributed by atoms with Crippen LogP contribution in [0.4, 0.5) is 13.2 Å². The lowest BCUT2D eigenvalue weighted by molar-refractivity contribution is -0.138. The van der Waals surface area contributed by atoms with Crippen molar-refractivity contribution in [2.45, 2.75) is 6.18 Å². The molecule has 0 aliphatic rings. The third kappa shape index (κ3) is 1.59. The molecule has 0 spiro atoms. The molecule has 0 atom stereocenters. The van der Waals surface area contributed by atoms with E-state index in [-0.39, 0.29) is 11.3 Å². The van der Waals surface area contributed by atoms with Gasteiger partial charge in [-0.05, 0) is 11.3 Å². The van der Waals surface area contributed by atoms with Crippen LogP contribution in [0.25, 0.3) is 0 Å². The van der Waals surface area contributed by atoms with Gasteiger partial charge in [0.25, 0.3) is 0 Å². The summed E-state index contributed by atoms with van der Waals surface area (Å²) in [6.07, 6.45) is -4.51. The molecule has 0 amide bonds. The first-order valence-electron chi connectivity index (χ1n) is 2.52. The summed E-state index contributed by atoms with van der Waals surface area (Å²) >= 11 is 0.0926. The van der Waals surface area contributed by atoms with E-state index >= 15 is 0 Å². The van der Waals surface area contributed by atoms with Crippen LogP contribution in [0.2, 0.25) is 0 Å². The van der Waals surface area contributed by atoms with Crippen molar-refractivity contribution in [3.05, 3.63) is 14.7 Å². The average molecular weight is 184 g/mol. The molecular formula is C4H3F3N2OS. The van der Waals surface area contributed by atoms with E-state index in [0.29, 0.717) is 4.68 Å². The standard InChI is InChI=1S/C4H3F3N2OS/c1-9-3(10)11-2(8-9)4(5,6)7/h1H3. The largest absolute Gasteiger partial charge is 0.445 e. The van der Waals surface area contributed by atoms with Gasteiger partial charge in [0.2, 0.25) is 5.01 Å². The molecule has 0 saturated carbocycles. The van der Waals surface area contributed by atoms with Gasteiger partial charge in [0.1, 0.15) is 0 Å². The first-order valence-corrected chi connectivity index (χ1v) is 3.34. The van der Waals surface area contributed by atoms with E-state index in [1.165, 1.54) is 7.05 Å². The van der Waals surface area contributed by atoms with Crippen LogP contribution >= 0.6 is 11.3 Å². The molecule has 1 aromatic rings. The highest BCUT2D eigenvalue weighted by Crippen LogP contribution is 2.28. The third-order valence-corrected chi connectivity index (χ3v) is 1.88. The number of hydrogen-bond donors (Lipinski definition) is 0. The Morgan fingerprint density at radius 3 is 2.27 bits per heavy atom. The summed E-state index contributed by atoms with van der Waals surface area (Å²) in [6.45, 7) is 0. The monoisotopic (exact) mass is 184 g/mol. The van der Waals surface area contributed by atoms with Gasteiger partial charge in [0.05, 0.1) is 0 Å². The summed E-state index contributed by atoms with van der Waals surface area (Å²) < 4.78 is 36.0. The van der Waals surface area contributed by atoms with Crippen molar-refractivity contribution in [2.24, 2.45) is 7.05 Å². The first-order chi connectivity index (χ1) is 4.91. The van der Waals surface area contributed by atoms with Gasteiger partial charge in [-0.1, -0.05) is 0 Å². The summed E-state index contributed by atoms with van der Waals surface area (Å²) in [5.41, 5.74) is 0. The molecule has 0 fully saturated rings. The summed E-state index contributed by atoms with van der Waals surface area (Å²) in [6, 6.07) is 0. The normalized spacial score (nSPS) is 12.0. The van der Waals surface area contributed by atoms with E-state index in [1.807, 2.05) is 0 Å². The van der Waals surface area contributed by atoms with Gasteiger partial charge in [0.15, 0.2) is 0 Å². The van der Waals surface area contributed by atoms with Crippen LogP contribution in [0.3, 0.4) is 0 Å². The first kappa shape index (κ1) is 8.25. The number of alkyl halides is 3. The molecule has 0 radical (unpaired) electrons. The van der Waals surface area contributed by atoms with Crippen LogP contribution in [0, 0.1) is 0 Å². The molecule has 0 aliphatic heterocycles. The van der Waals surface area contributed by atoms with Crippen molar-refractivity contribution in [3.63, 3.8) is 0 Å². The molecule has 3 nitrogen and oxygen atoms in total. The van der Waals surface area contributed by atoms with Gasteiger partial charge in [0, 0.05) is 7.05 Å². The Hall–Kier alpha value is -0.850. The van der Waals surface area contributed by atoms with Crippen LogP contribution in [0.1, 0.15) is 5.01 Å². The molecule has 0 aliphatic carbocycles. The second kappa shape index (κ2) is 2.33. The second-order valence-electron chi connectivity index (χ2n) is 1.79. The summed E-state index contributed by atoms with van der Waals surface area (Å²) in [5, 5.41) is 1.87. The zero-order valence-corrected chi connectivity index (χ0v) is 6.16. The Morgan fingerprint density at radius 1 is 1.55 bits per heavy atom. The minimum absolute atomic E-state index is 0.0926. The second-order valence-corrected chi connectivity index (χ2v) is 2.73. The van der Waals surface area contributed by atoms with E-state index in [0.717, 1.165) is 0 Å². The number of halogens is 3. The van der Waals surface area contributed by atoms with Gasteiger partial charge in [-0.15, -0.1) is 0 Å². The predicted molar refractivity (Wildman–Crippen MR) is 32.4 cm³/mol. The van der Waals surface area contributed by atoms with Crippen molar-refractivity contribution < 1.29 is 13.2 Å². The predicted octanol–water partition coefficient (Wildman–Crippen LogP) is 0.861. The minimum Gasteiger partial charge on any atom is -0.255 e. The molecule has 0 bridgehead atoms. The summed E-state index contributed by atoms with van der Waals surface area (Å²) in [7, 11) is 1.17. The third-order valence-electron chi connectivity index (χ3n) is 0.932. The van der Waals surface area contributed by atoms with Crippen molar-refractivity contribution >= 4 is 11.3 Å². The number of aromatic nitrogens is 2. The van der Waals surface area contributed by atoms with Crippen molar-refractivity contribution in [1.82, 2.24) is 9.78 Å². The zero-order chi connectivity index (χ0) is 8.65. The van der Waals surface area contributed by atoms with E-state index in [9.17, 15) is 18.0 Å². The van der Waals surface area contributed by atoms with Gasteiger partial charge in [-0.2, -0.15) is 18.3 Å². The topological polar surface area (TPSA) is 34.9 Å². The number of nitrogens with zero attached hydrogens (tertiary/aromatic N) is 2. The molecule has 1 heterocycles. The lowest BCUT2D eigenvalue weighted by atomic mass is 10.7. The summed E-state index contributed by atoms with van der Waals surface area (Å²) in [4.78, 5) is 9.79. The summed E-state index contributed by atoms with van der Waals surface area (Å²) in [5.74, 6) is 0. The van der Waals surface area contributed by atoms with E-state index in [2.05, 4.69) is 5.10 Å². The van der Waals surface area contributed by atoms with Crippen LogP contribution in [0.5, 0.6) is 0 Å². The minimum atomic E-state index is -4.51. The molecule has 11 heavy (non-hydrogen) atoms. The Bertz CT molecular complexity index is 312. The van der Waals surface area contributed by atoms with Crippen LogP contribution in [-0.4, -0.2) is 9.78 Å². The maximum atomic E-state index is 11.8. The van der Waals surface area contributed by atoms with Gasteiger partial charge in [-0.3, -0.25) is 4.79 Å². The van der Waals surface area contributed by atoms with Crippen molar-refractivity contribution in [1.29, 1.82) is 0 Å². The van der Waals surface area contributed by atoms with Gasteiger partial charge >= 0.3 is 11.0 Å². The van der Waals surface area contributed by atoms with Crippen LogP contribution < -0.4 is 4.87 Å². The lowest BCUT2D eigenvalue weighted by Gasteiger charge is -1.97. The molecule has 1 rings (SSSR count). The van der Waals surface area contributed by atoms with Crippen molar-refractivity contribution in [2.75, 3.05) is 0 Å². The van der Waals surface area contributed by atoms with Crippen molar-refractivity contribution in [3.8, 4) is 0 Å². The highest BCUT2D eigenvalue weighted by atomic mass is 32.1. The molecule has 7 heteroatoms. The fourth-order valence-corrected chi connectivity index (χ4v) is 1.08. The van der Waals surface area contributed by atoms with E-state index in [4.69, 9.17) is 0 Å². The fourth-order valence-electron chi connectivity index (χ4n) is 0.461. The smallest absolute Gasteiger partial charge is 0.255 e. The highest BCUT2D eigenvalue weighted by Gasteiger charge is 2.35. The highest BCUT2D eigenvalue weighted by molar-refractivity contribution is 7.09. The molecule has 62 valence electrons. The SMILES string of the molecule is Cn1nc(C(F)(F)F)sc1=O. The number of aryl methyl sites for hydroxylation is 1. The number of hydrogen-bond acceptors (Lipinski definition) is 3. The molecule has 1 aromatic heterocycles.